The second kappa shape index (κ2) is 6.03. The summed E-state index contributed by atoms with van der Waals surface area (Å²) >= 11 is 0. The van der Waals surface area contributed by atoms with Gasteiger partial charge in [0.2, 0.25) is 0 Å². The van der Waals surface area contributed by atoms with E-state index in [4.69, 9.17) is 9.47 Å². The Balaban J connectivity index is 1.66. The van der Waals surface area contributed by atoms with Gasteiger partial charge in [0, 0.05) is 0 Å². The lowest BCUT2D eigenvalue weighted by atomic mass is 9.94. The van der Waals surface area contributed by atoms with E-state index in [0.29, 0.717) is 18.4 Å². The Morgan fingerprint density at radius 3 is 2.67 bits per heavy atom. The van der Waals surface area contributed by atoms with E-state index in [2.05, 4.69) is 12.2 Å². The van der Waals surface area contributed by atoms with Crippen molar-refractivity contribution in [2.45, 2.75) is 32.6 Å². The largest absolute Gasteiger partial charge is 0.463 e. The van der Waals surface area contributed by atoms with Crippen LogP contribution in [0.3, 0.4) is 0 Å². The lowest BCUT2D eigenvalue weighted by molar-refractivity contribution is -0.161. The van der Waals surface area contributed by atoms with Gasteiger partial charge in [-0.2, -0.15) is 0 Å². The van der Waals surface area contributed by atoms with Crippen molar-refractivity contribution < 1.29 is 19.1 Å². The third kappa shape index (κ3) is 3.12. The summed E-state index contributed by atoms with van der Waals surface area (Å²) in [5.74, 6) is 0.0981. The van der Waals surface area contributed by atoms with Crippen LogP contribution < -0.4 is 0 Å². The Hall–Kier alpha value is -1.32. The van der Waals surface area contributed by atoms with Gasteiger partial charge in [-0.05, 0) is 31.1 Å². The van der Waals surface area contributed by atoms with Crippen LogP contribution in [0.4, 0.5) is 0 Å². The number of rotatable bonds is 6. The zero-order valence-electron chi connectivity index (χ0n) is 10.8. The van der Waals surface area contributed by atoms with Crippen LogP contribution in [0.1, 0.15) is 32.6 Å². The number of fused-ring (bicyclic) bond motifs is 2. The summed E-state index contributed by atoms with van der Waals surface area (Å²) in [6, 6.07) is 0. The van der Waals surface area contributed by atoms with Gasteiger partial charge in [0.05, 0.1) is 12.5 Å². The molecule has 0 spiro atoms. The first-order chi connectivity index (χ1) is 8.70. The predicted octanol–water partition coefficient (Wildman–Crippen LogP) is 2.09. The lowest BCUT2D eigenvalue weighted by Crippen LogP contribution is -2.25. The maximum absolute atomic E-state index is 11.8. The van der Waals surface area contributed by atoms with Gasteiger partial charge < -0.3 is 9.47 Å². The highest BCUT2D eigenvalue weighted by Gasteiger charge is 2.40. The van der Waals surface area contributed by atoms with Crippen LogP contribution in [-0.4, -0.2) is 25.2 Å². The van der Waals surface area contributed by atoms with Gasteiger partial charge in [-0.1, -0.05) is 25.5 Å². The fraction of sp³-hybridized carbons (Fsp3) is 0.714. The molecule has 0 saturated heterocycles. The van der Waals surface area contributed by atoms with Crippen molar-refractivity contribution in [3.8, 4) is 0 Å². The minimum absolute atomic E-state index is 0.0524. The van der Waals surface area contributed by atoms with E-state index in [0.717, 1.165) is 25.7 Å². The second-order valence-corrected chi connectivity index (χ2v) is 5.07. The smallest absolute Gasteiger partial charge is 0.344 e. The molecule has 0 aromatic carbocycles. The van der Waals surface area contributed by atoms with Crippen LogP contribution in [-0.2, 0) is 19.1 Å². The molecule has 1 fully saturated rings. The summed E-state index contributed by atoms with van der Waals surface area (Å²) < 4.78 is 9.95. The van der Waals surface area contributed by atoms with Gasteiger partial charge in [-0.3, -0.25) is 4.79 Å². The second-order valence-electron chi connectivity index (χ2n) is 5.07. The first-order valence-electron chi connectivity index (χ1n) is 6.71. The molecule has 2 aliphatic carbocycles. The van der Waals surface area contributed by atoms with Gasteiger partial charge in [-0.25, -0.2) is 4.79 Å². The summed E-state index contributed by atoms with van der Waals surface area (Å²) in [7, 11) is 0. The van der Waals surface area contributed by atoms with E-state index in [1.165, 1.54) is 0 Å². The molecular weight excluding hydrogens is 232 g/mol. The molecule has 2 aliphatic rings. The number of hydrogen-bond donors (Lipinski definition) is 0. The normalized spacial score (nSPS) is 28.4. The summed E-state index contributed by atoms with van der Waals surface area (Å²) in [6.07, 6.45) is 8.01. The third-order valence-electron chi connectivity index (χ3n) is 3.67. The third-order valence-corrected chi connectivity index (χ3v) is 3.67. The van der Waals surface area contributed by atoms with Gasteiger partial charge in [0.15, 0.2) is 6.61 Å². The molecule has 100 valence electrons. The van der Waals surface area contributed by atoms with Crippen LogP contribution in [0.15, 0.2) is 12.2 Å². The number of unbranched alkanes of at least 4 members (excludes halogenated alkanes) is 1. The van der Waals surface area contributed by atoms with E-state index in [-0.39, 0.29) is 18.5 Å². The molecule has 2 rings (SSSR count). The van der Waals surface area contributed by atoms with Crippen LogP contribution in [0.25, 0.3) is 0 Å². The molecule has 0 aromatic heterocycles. The van der Waals surface area contributed by atoms with E-state index in [9.17, 15) is 9.59 Å². The number of ether oxygens (including phenoxy) is 2. The SMILES string of the molecule is CCCCOC(=O)COC(=O)C1CC2C=CC1C2. The summed E-state index contributed by atoms with van der Waals surface area (Å²) in [5, 5.41) is 0. The van der Waals surface area contributed by atoms with Crippen LogP contribution in [0, 0.1) is 17.8 Å². The predicted molar refractivity (Wildman–Crippen MR) is 65.7 cm³/mol. The Morgan fingerprint density at radius 1 is 1.22 bits per heavy atom. The molecular formula is C14H20O4. The molecule has 0 aromatic rings. The molecule has 2 bridgehead atoms. The van der Waals surface area contributed by atoms with Crippen molar-refractivity contribution in [3.05, 3.63) is 12.2 Å². The molecule has 0 heterocycles. The Labute approximate surface area is 107 Å². The summed E-state index contributed by atoms with van der Waals surface area (Å²) in [6.45, 7) is 2.18. The zero-order chi connectivity index (χ0) is 13.0. The standard InChI is InChI=1S/C14H20O4/c1-2-3-6-17-13(15)9-18-14(16)12-8-10-4-5-11(12)7-10/h4-5,10-12H,2-3,6-9H2,1H3. The molecule has 3 unspecified atom stereocenters. The van der Waals surface area contributed by atoms with E-state index in [1.54, 1.807) is 0 Å². The van der Waals surface area contributed by atoms with Gasteiger partial charge in [0.1, 0.15) is 0 Å². The Bertz CT molecular complexity index is 348. The van der Waals surface area contributed by atoms with Crippen LogP contribution in [0.5, 0.6) is 0 Å². The Morgan fingerprint density at radius 2 is 2.06 bits per heavy atom. The fourth-order valence-corrected chi connectivity index (χ4v) is 2.66. The van der Waals surface area contributed by atoms with Crippen LogP contribution >= 0.6 is 0 Å². The maximum atomic E-state index is 11.8. The zero-order valence-corrected chi connectivity index (χ0v) is 10.8. The van der Waals surface area contributed by atoms with Crippen molar-refractivity contribution in [2.24, 2.45) is 17.8 Å². The monoisotopic (exact) mass is 252 g/mol. The maximum Gasteiger partial charge on any atom is 0.344 e. The summed E-state index contributed by atoms with van der Waals surface area (Å²) in [4.78, 5) is 23.1. The van der Waals surface area contributed by atoms with E-state index in [1.807, 2.05) is 6.92 Å². The van der Waals surface area contributed by atoms with Crippen LogP contribution in [0.2, 0.25) is 0 Å². The van der Waals surface area contributed by atoms with Gasteiger partial charge >= 0.3 is 11.9 Å². The molecule has 3 atom stereocenters. The number of esters is 2. The summed E-state index contributed by atoms with van der Waals surface area (Å²) in [5.41, 5.74) is 0. The highest BCUT2D eigenvalue weighted by molar-refractivity contribution is 5.78. The highest BCUT2D eigenvalue weighted by atomic mass is 16.6. The number of carbonyl (C=O) groups is 2. The molecule has 18 heavy (non-hydrogen) atoms. The number of hydrogen-bond acceptors (Lipinski definition) is 4. The average Bonchev–Trinajstić information content (AvgIpc) is 2.98. The van der Waals surface area contributed by atoms with Crippen molar-refractivity contribution in [1.82, 2.24) is 0 Å². The minimum Gasteiger partial charge on any atom is -0.463 e. The number of allylic oxidation sites excluding steroid dienone is 2. The first kappa shape index (κ1) is 13.1. The topological polar surface area (TPSA) is 52.6 Å². The van der Waals surface area contributed by atoms with Crippen molar-refractivity contribution in [3.63, 3.8) is 0 Å². The van der Waals surface area contributed by atoms with Gasteiger partial charge in [0.25, 0.3) is 0 Å². The Kier molecular flexibility index (Phi) is 4.39. The van der Waals surface area contributed by atoms with Crippen molar-refractivity contribution >= 4 is 11.9 Å². The van der Waals surface area contributed by atoms with E-state index >= 15 is 0 Å². The molecule has 1 saturated carbocycles. The molecule has 0 aliphatic heterocycles. The number of carbonyl (C=O) groups excluding carboxylic acids is 2. The first-order valence-corrected chi connectivity index (χ1v) is 6.71. The lowest BCUT2D eigenvalue weighted by Gasteiger charge is -2.16. The van der Waals surface area contributed by atoms with Crippen molar-refractivity contribution in [2.75, 3.05) is 13.2 Å². The fourth-order valence-electron chi connectivity index (χ4n) is 2.66. The minimum atomic E-state index is -0.449. The molecule has 0 amide bonds. The van der Waals surface area contributed by atoms with Gasteiger partial charge in [-0.15, -0.1) is 0 Å². The van der Waals surface area contributed by atoms with Crippen molar-refractivity contribution in [1.29, 1.82) is 0 Å². The quantitative estimate of drug-likeness (QED) is 0.412. The molecule has 4 nitrogen and oxygen atoms in total. The molecule has 4 heteroatoms. The average molecular weight is 252 g/mol. The van der Waals surface area contributed by atoms with E-state index < -0.39 is 5.97 Å². The molecule has 0 radical (unpaired) electrons. The highest BCUT2D eigenvalue weighted by Crippen LogP contribution is 2.43. The molecule has 0 N–H and O–H groups in total.